The van der Waals surface area contributed by atoms with Crippen LogP contribution in [-0.2, 0) is 31.9 Å². The van der Waals surface area contributed by atoms with Crippen molar-refractivity contribution < 1.29 is 31.9 Å². The molecule has 0 heterocycles. The van der Waals surface area contributed by atoms with Gasteiger partial charge in [-0.15, -0.1) is 0 Å². The minimum absolute atomic E-state index is 0.368. The lowest BCUT2D eigenvalue weighted by Crippen LogP contribution is -2.51. The van der Waals surface area contributed by atoms with Gasteiger partial charge in [-0.05, 0) is 27.2 Å². The van der Waals surface area contributed by atoms with Crippen LogP contribution in [0.15, 0.2) is 0 Å². The highest BCUT2D eigenvalue weighted by molar-refractivity contribution is 6.53. The van der Waals surface area contributed by atoms with Crippen molar-refractivity contribution in [2.24, 2.45) is 0 Å². The Labute approximate surface area is 142 Å². The summed E-state index contributed by atoms with van der Waals surface area (Å²) in [5.74, 6) is 0. The van der Waals surface area contributed by atoms with Gasteiger partial charge in [-0.1, -0.05) is 6.92 Å². The Hall–Kier alpha value is -0.0631. The second kappa shape index (κ2) is 16.8. The quantitative estimate of drug-likeness (QED) is 0.275. The molecular formula is C15H34O7Si. The van der Waals surface area contributed by atoms with E-state index in [4.69, 9.17) is 31.9 Å². The Morgan fingerprint density at radius 3 is 1.13 bits per heavy atom. The molecule has 8 heteroatoms. The van der Waals surface area contributed by atoms with Crippen LogP contribution in [0.3, 0.4) is 0 Å². The molecule has 0 radical (unpaired) electrons. The molecule has 0 saturated carbocycles. The van der Waals surface area contributed by atoms with Gasteiger partial charge in [0.05, 0.1) is 39.6 Å². The zero-order valence-electron chi connectivity index (χ0n) is 15.1. The van der Waals surface area contributed by atoms with Crippen molar-refractivity contribution in [2.45, 2.75) is 34.1 Å². The summed E-state index contributed by atoms with van der Waals surface area (Å²) in [6.07, 6.45) is 0.854. The highest BCUT2D eigenvalue weighted by atomic mass is 28.4. The Morgan fingerprint density at radius 1 is 0.478 bits per heavy atom. The van der Waals surface area contributed by atoms with Crippen LogP contribution in [0, 0.1) is 0 Å². The molecule has 0 aromatic carbocycles. The van der Waals surface area contributed by atoms with Gasteiger partial charge in [-0.2, -0.15) is 0 Å². The molecule has 0 aliphatic carbocycles. The lowest BCUT2D eigenvalue weighted by Gasteiger charge is -2.28. The fourth-order valence-corrected chi connectivity index (χ4v) is 3.54. The van der Waals surface area contributed by atoms with E-state index >= 15 is 0 Å². The van der Waals surface area contributed by atoms with Crippen LogP contribution >= 0.6 is 0 Å². The van der Waals surface area contributed by atoms with Crippen LogP contribution < -0.4 is 0 Å². The van der Waals surface area contributed by atoms with Crippen molar-refractivity contribution in [2.75, 3.05) is 66.1 Å². The maximum Gasteiger partial charge on any atom is 0.679 e. The first-order valence-electron chi connectivity index (χ1n) is 8.53. The minimum atomic E-state index is -3.21. The second-order valence-electron chi connectivity index (χ2n) is 4.48. The maximum absolute atomic E-state index is 5.83. The summed E-state index contributed by atoms with van der Waals surface area (Å²) in [5, 5.41) is 0. The first-order valence-corrected chi connectivity index (χ1v) is 10.2. The third-order valence-electron chi connectivity index (χ3n) is 2.61. The van der Waals surface area contributed by atoms with Gasteiger partial charge >= 0.3 is 9.05 Å². The third kappa shape index (κ3) is 13.0. The van der Waals surface area contributed by atoms with E-state index in [-0.39, 0.29) is 0 Å². The average Bonchev–Trinajstić information content (AvgIpc) is 2.57. The van der Waals surface area contributed by atoms with E-state index in [0.29, 0.717) is 66.1 Å². The van der Waals surface area contributed by atoms with Crippen molar-refractivity contribution in [3.8, 4) is 0 Å². The van der Waals surface area contributed by atoms with Gasteiger partial charge in [0.15, 0.2) is 0 Å². The fraction of sp³-hybridized carbons (Fsp3) is 1.00. The second-order valence-corrected chi connectivity index (χ2v) is 6.64. The van der Waals surface area contributed by atoms with Gasteiger partial charge in [0.1, 0.15) is 0 Å². The molecule has 0 atom stereocenters. The summed E-state index contributed by atoms with van der Waals surface area (Å²) in [6.45, 7) is 12.8. The summed E-state index contributed by atoms with van der Waals surface area (Å²) in [5.41, 5.74) is 0. The molecular weight excluding hydrogens is 320 g/mol. The van der Waals surface area contributed by atoms with Gasteiger partial charge in [-0.25, -0.2) is 0 Å². The van der Waals surface area contributed by atoms with Crippen molar-refractivity contribution in [3.63, 3.8) is 0 Å². The van der Waals surface area contributed by atoms with E-state index in [0.717, 1.165) is 6.42 Å². The first-order chi connectivity index (χ1) is 11.2. The largest absolute Gasteiger partial charge is 0.679 e. The molecule has 0 saturated heterocycles. The molecule has 0 unspecified atom stereocenters. The summed E-state index contributed by atoms with van der Waals surface area (Å²) in [7, 11) is -3.21. The van der Waals surface area contributed by atoms with Crippen LogP contribution in [0.1, 0.15) is 34.1 Å². The highest BCUT2D eigenvalue weighted by Gasteiger charge is 2.45. The molecule has 0 aliphatic rings. The van der Waals surface area contributed by atoms with Crippen molar-refractivity contribution in [1.82, 2.24) is 0 Å². The summed E-state index contributed by atoms with van der Waals surface area (Å²) < 4.78 is 39.2. The van der Waals surface area contributed by atoms with Crippen LogP contribution in [0.25, 0.3) is 0 Å². The standard InChI is InChI=1S/C15H34O7Si/c1-5-9-19-23(20-13-10-16-6-2,21-14-11-17-7-3)22-15-12-18-8-4/h5-15H2,1-4H3. The van der Waals surface area contributed by atoms with E-state index in [1.54, 1.807) is 0 Å². The number of hydrogen-bond donors (Lipinski definition) is 0. The molecule has 0 bridgehead atoms. The zero-order chi connectivity index (χ0) is 17.2. The Kier molecular flexibility index (Phi) is 16.7. The molecule has 7 nitrogen and oxygen atoms in total. The minimum Gasteiger partial charge on any atom is -0.379 e. The maximum atomic E-state index is 5.83. The molecule has 140 valence electrons. The SMILES string of the molecule is CCCO[Si](OCCOCC)(OCCOCC)OCCOCC. The number of hydrogen-bond acceptors (Lipinski definition) is 7. The predicted octanol–water partition coefficient (Wildman–Crippen LogP) is 2.01. The normalized spacial score (nSPS) is 12.0. The van der Waals surface area contributed by atoms with Crippen LogP contribution in [0.5, 0.6) is 0 Å². The third-order valence-corrected chi connectivity index (χ3v) is 4.85. The van der Waals surface area contributed by atoms with E-state index in [1.165, 1.54) is 0 Å². The van der Waals surface area contributed by atoms with Crippen molar-refractivity contribution in [3.05, 3.63) is 0 Å². The molecule has 0 rings (SSSR count). The van der Waals surface area contributed by atoms with Crippen molar-refractivity contribution >= 4 is 9.05 Å². The van der Waals surface area contributed by atoms with Gasteiger partial charge < -0.3 is 31.9 Å². The summed E-state index contributed by atoms with van der Waals surface area (Å²) >= 11 is 0. The molecule has 0 spiro atoms. The summed E-state index contributed by atoms with van der Waals surface area (Å²) in [4.78, 5) is 0. The van der Waals surface area contributed by atoms with Crippen LogP contribution in [0.2, 0.25) is 0 Å². The van der Waals surface area contributed by atoms with Crippen LogP contribution in [-0.4, -0.2) is 75.1 Å². The number of ether oxygens (including phenoxy) is 3. The lowest BCUT2D eigenvalue weighted by molar-refractivity contribution is -0.0608. The molecule has 0 aliphatic heterocycles. The van der Waals surface area contributed by atoms with Gasteiger partial charge in [0.2, 0.25) is 0 Å². The zero-order valence-corrected chi connectivity index (χ0v) is 16.1. The smallest absolute Gasteiger partial charge is 0.379 e. The van der Waals surface area contributed by atoms with E-state index in [1.807, 2.05) is 27.7 Å². The molecule has 0 aromatic heterocycles. The molecule has 0 N–H and O–H groups in total. The average molecular weight is 355 g/mol. The van der Waals surface area contributed by atoms with E-state index < -0.39 is 9.05 Å². The first kappa shape index (κ1) is 22.9. The van der Waals surface area contributed by atoms with E-state index in [9.17, 15) is 0 Å². The van der Waals surface area contributed by atoms with Crippen molar-refractivity contribution in [1.29, 1.82) is 0 Å². The Morgan fingerprint density at radius 2 is 0.826 bits per heavy atom. The predicted molar refractivity (Wildman–Crippen MR) is 89.3 cm³/mol. The molecule has 23 heavy (non-hydrogen) atoms. The van der Waals surface area contributed by atoms with Gasteiger partial charge in [0.25, 0.3) is 0 Å². The summed E-state index contributed by atoms with van der Waals surface area (Å²) in [6, 6.07) is 0. The van der Waals surface area contributed by atoms with Gasteiger partial charge in [0, 0.05) is 26.4 Å². The topological polar surface area (TPSA) is 64.6 Å². The van der Waals surface area contributed by atoms with Gasteiger partial charge in [-0.3, -0.25) is 0 Å². The molecule has 0 amide bonds. The monoisotopic (exact) mass is 354 g/mol. The molecule has 0 fully saturated rings. The number of rotatable bonds is 18. The van der Waals surface area contributed by atoms with Crippen LogP contribution in [0.4, 0.5) is 0 Å². The van der Waals surface area contributed by atoms with E-state index in [2.05, 4.69) is 0 Å². The fourth-order valence-electron chi connectivity index (χ4n) is 1.59. The Bertz CT molecular complexity index is 213. The highest BCUT2D eigenvalue weighted by Crippen LogP contribution is 2.13. The Balaban J connectivity index is 4.51. The lowest BCUT2D eigenvalue weighted by atomic mass is 10.5. The molecule has 0 aromatic rings.